The Morgan fingerprint density at radius 2 is 2.00 bits per heavy atom. The molecule has 0 amide bonds. The van der Waals surface area contributed by atoms with Crippen LogP contribution in [0.3, 0.4) is 0 Å². The molecular formula is C14H20N2O2. The molecule has 98 valence electrons. The molecule has 1 aromatic heterocycles. The van der Waals surface area contributed by atoms with Crippen LogP contribution in [0.4, 0.5) is 5.82 Å². The highest BCUT2D eigenvalue weighted by atomic mass is 16.4. The lowest BCUT2D eigenvalue weighted by molar-refractivity contribution is 0.0695. The maximum atomic E-state index is 11.5. The molecular weight excluding hydrogens is 228 g/mol. The van der Waals surface area contributed by atoms with E-state index in [2.05, 4.69) is 4.98 Å². The average Bonchev–Trinajstić information content (AvgIpc) is 2.38. The number of anilines is 1. The summed E-state index contributed by atoms with van der Waals surface area (Å²) in [4.78, 5) is 17.5. The summed E-state index contributed by atoms with van der Waals surface area (Å²) in [7, 11) is 3.67. The Morgan fingerprint density at radius 3 is 2.56 bits per heavy atom. The number of hydrogen-bond donors (Lipinski definition) is 1. The quantitative estimate of drug-likeness (QED) is 0.893. The second-order valence-corrected chi connectivity index (χ2v) is 5.13. The number of carboxylic acids is 1. The predicted octanol–water partition coefficient (Wildman–Crippen LogP) is 2.89. The Morgan fingerprint density at radius 1 is 1.33 bits per heavy atom. The molecule has 0 atom stereocenters. The molecule has 1 N–H and O–H groups in total. The van der Waals surface area contributed by atoms with Crippen LogP contribution in [0.15, 0.2) is 12.3 Å². The van der Waals surface area contributed by atoms with Gasteiger partial charge < -0.3 is 10.0 Å². The summed E-state index contributed by atoms with van der Waals surface area (Å²) in [5.41, 5.74) is 1.34. The molecule has 0 bridgehead atoms. The first kappa shape index (κ1) is 12.9. The Hall–Kier alpha value is -1.58. The van der Waals surface area contributed by atoms with Gasteiger partial charge in [0, 0.05) is 20.3 Å². The zero-order chi connectivity index (χ0) is 13.1. The van der Waals surface area contributed by atoms with Crippen molar-refractivity contribution in [1.29, 1.82) is 0 Å². The molecule has 1 aliphatic rings. The number of aromatic nitrogens is 1. The van der Waals surface area contributed by atoms with E-state index in [1.165, 1.54) is 19.3 Å². The Kier molecular flexibility index (Phi) is 3.84. The van der Waals surface area contributed by atoms with Gasteiger partial charge in [0.1, 0.15) is 11.4 Å². The maximum Gasteiger partial charge on any atom is 0.339 e. The molecule has 4 heteroatoms. The van der Waals surface area contributed by atoms with E-state index < -0.39 is 5.97 Å². The molecule has 0 spiro atoms. The number of rotatable bonds is 3. The summed E-state index contributed by atoms with van der Waals surface area (Å²) in [5, 5.41) is 9.46. The fraction of sp³-hybridized carbons (Fsp3) is 0.571. The van der Waals surface area contributed by atoms with Gasteiger partial charge in [-0.2, -0.15) is 0 Å². The normalized spacial score (nSPS) is 16.6. The summed E-state index contributed by atoms with van der Waals surface area (Å²) in [6.45, 7) is 0. The number of carboxylic acid groups (broad SMARTS) is 1. The van der Waals surface area contributed by atoms with Crippen LogP contribution in [0.1, 0.15) is 53.9 Å². The molecule has 2 rings (SSSR count). The van der Waals surface area contributed by atoms with E-state index in [0.29, 0.717) is 17.3 Å². The van der Waals surface area contributed by atoms with E-state index in [0.717, 1.165) is 18.4 Å². The van der Waals surface area contributed by atoms with Gasteiger partial charge in [-0.05, 0) is 30.4 Å². The van der Waals surface area contributed by atoms with Crippen LogP contribution in [-0.2, 0) is 0 Å². The van der Waals surface area contributed by atoms with Crippen molar-refractivity contribution in [3.05, 3.63) is 23.4 Å². The van der Waals surface area contributed by atoms with Crippen molar-refractivity contribution >= 4 is 11.8 Å². The van der Waals surface area contributed by atoms with Gasteiger partial charge >= 0.3 is 5.97 Å². The third-order valence-corrected chi connectivity index (χ3v) is 3.65. The smallest absolute Gasteiger partial charge is 0.339 e. The molecule has 18 heavy (non-hydrogen) atoms. The highest BCUT2D eigenvalue weighted by Gasteiger charge is 2.24. The minimum Gasteiger partial charge on any atom is -0.478 e. The van der Waals surface area contributed by atoms with Crippen molar-refractivity contribution in [2.45, 2.75) is 38.0 Å². The number of nitrogens with zero attached hydrogens (tertiary/aromatic N) is 2. The van der Waals surface area contributed by atoms with Crippen LogP contribution in [0.25, 0.3) is 0 Å². The van der Waals surface area contributed by atoms with Crippen LogP contribution >= 0.6 is 0 Å². The number of carbonyl (C=O) groups is 1. The number of hydrogen-bond acceptors (Lipinski definition) is 3. The van der Waals surface area contributed by atoms with Gasteiger partial charge in [0.15, 0.2) is 0 Å². The van der Waals surface area contributed by atoms with E-state index in [4.69, 9.17) is 0 Å². The molecule has 1 saturated carbocycles. The van der Waals surface area contributed by atoms with Crippen molar-refractivity contribution in [1.82, 2.24) is 4.98 Å². The Labute approximate surface area is 108 Å². The fourth-order valence-electron chi connectivity index (χ4n) is 2.78. The molecule has 4 nitrogen and oxygen atoms in total. The lowest BCUT2D eigenvalue weighted by Gasteiger charge is -2.25. The highest BCUT2D eigenvalue weighted by Crippen LogP contribution is 2.36. The number of pyridine rings is 1. The van der Waals surface area contributed by atoms with Crippen molar-refractivity contribution in [3.8, 4) is 0 Å². The number of aromatic carboxylic acids is 1. The van der Waals surface area contributed by atoms with Gasteiger partial charge in [0.2, 0.25) is 0 Å². The van der Waals surface area contributed by atoms with Gasteiger partial charge in [-0.3, -0.25) is 0 Å². The van der Waals surface area contributed by atoms with Crippen LogP contribution in [0.2, 0.25) is 0 Å². The topological polar surface area (TPSA) is 53.4 Å². The van der Waals surface area contributed by atoms with Crippen LogP contribution in [-0.4, -0.2) is 30.2 Å². The lowest BCUT2D eigenvalue weighted by Crippen LogP contribution is -2.19. The highest BCUT2D eigenvalue weighted by molar-refractivity contribution is 5.95. The second kappa shape index (κ2) is 5.38. The van der Waals surface area contributed by atoms with Crippen LogP contribution < -0.4 is 4.90 Å². The predicted molar refractivity (Wildman–Crippen MR) is 71.3 cm³/mol. The minimum atomic E-state index is -0.868. The molecule has 0 aromatic carbocycles. The standard InChI is InChI=1S/C14H20N2O2/c1-16(2)13-12(14(17)18)11(8-9-15-13)10-6-4-3-5-7-10/h8-10H,3-7H2,1-2H3,(H,17,18). The first-order valence-electron chi connectivity index (χ1n) is 6.50. The van der Waals surface area contributed by atoms with Crippen molar-refractivity contribution in [2.75, 3.05) is 19.0 Å². The second-order valence-electron chi connectivity index (χ2n) is 5.13. The van der Waals surface area contributed by atoms with E-state index in [1.807, 2.05) is 20.2 Å². The molecule has 1 aromatic rings. The van der Waals surface area contributed by atoms with Crippen molar-refractivity contribution in [3.63, 3.8) is 0 Å². The fourth-order valence-corrected chi connectivity index (χ4v) is 2.78. The third kappa shape index (κ3) is 2.47. The van der Waals surface area contributed by atoms with Gasteiger partial charge in [-0.1, -0.05) is 19.3 Å². The molecule has 0 radical (unpaired) electrons. The zero-order valence-corrected chi connectivity index (χ0v) is 11.0. The SMILES string of the molecule is CN(C)c1nccc(C2CCCCC2)c1C(=O)O. The van der Waals surface area contributed by atoms with E-state index in [1.54, 1.807) is 11.1 Å². The summed E-state index contributed by atoms with van der Waals surface area (Å²) in [6, 6.07) is 1.88. The monoisotopic (exact) mass is 248 g/mol. The maximum absolute atomic E-state index is 11.5. The van der Waals surface area contributed by atoms with Gasteiger partial charge in [-0.25, -0.2) is 9.78 Å². The minimum absolute atomic E-state index is 0.381. The van der Waals surface area contributed by atoms with E-state index in [-0.39, 0.29) is 0 Å². The molecule has 1 aliphatic carbocycles. The van der Waals surface area contributed by atoms with Crippen LogP contribution in [0.5, 0.6) is 0 Å². The lowest BCUT2D eigenvalue weighted by atomic mass is 9.82. The largest absolute Gasteiger partial charge is 0.478 e. The Balaban J connectivity index is 2.45. The first-order valence-corrected chi connectivity index (χ1v) is 6.50. The van der Waals surface area contributed by atoms with Crippen molar-refractivity contribution in [2.24, 2.45) is 0 Å². The first-order chi connectivity index (χ1) is 8.61. The average molecular weight is 248 g/mol. The van der Waals surface area contributed by atoms with E-state index >= 15 is 0 Å². The molecule has 0 unspecified atom stereocenters. The molecule has 0 aliphatic heterocycles. The van der Waals surface area contributed by atoms with Crippen LogP contribution in [0, 0.1) is 0 Å². The zero-order valence-electron chi connectivity index (χ0n) is 11.0. The summed E-state index contributed by atoms with van der Waals surface area (Å²) >= 11 is 0. The summed E-state index contributed by atoms with van der Waals surface area (Å²) < 4.78 is 0. The van der Waals surface area contributed by atoms with Crippen molar-refractivity contribution < 1.29 is 9.90 Å². The van der Waals surface area contributed by atoms with E-state index in [9.17, 15) is 9.90 Å². The third-order valence-electron chi connectivity index (χ3n) is 3.65. The molecule has 1 fully saturated rings. The van der Waals surface area contributed by atoms with Gasteiger partial charge in [-0.15, -0.1) is 0 Å². The Bertz CT molecular complexity index is 437. The summed E-state index contributed by atoms with van der Waals surface area (Å²) in [5.74, 6) is 0.0736. The molecule has 0 saturated heterocycles. The summed E-state index contributed by atoms with van der Waals surface area (Å²) in [6.07, 6.45) is 7.58. The van der Waals surface area contributed by atoms with Gasteiger partial charge in [0.25, 0.3) is 0 Å². The molecule has 1 heterocycles. The van der Waals surface area contributed by atoms with Gasteiger partial charge in [0.05, 0.1) is 0 Å².